The van der Waals surface area contributed by atoms with E-state index in [2.05, 4.69) is 5.32 Å². The third kappa shape index (κ3) is 5.50. The molecule has 0 saturated carbocycles. The molecule has 2 aromatic rings. The lowest BCUT2D eigenvalue weighted by Gasteiger charge is -2.31. The Morgan fingerprint density at radius 3 is 2.24 bits per heavy atom. The van der Waals surface area contributed by atoms with Gasteiger partial charge in [0, 0.05) is 37.8 Å². The molecular weight excluding hydrogens is 450 g/mol. The molecule has 2 aromatic carbocycles. The Labute approximate surface area is 202 Å². The van der Waals surface area contributed by atoms with Crippen LogP contribution in [0.4, 0.5) is 5.69 Å². The van der Waals surface area contributed by atoms with Gasteiger partial charge in [-0.25, -0.2) is 8.42 Å². The molecule has 0 radical (unpaired) electrons. The first-order valence-electron chi connectivity index (χ1n) is 12.0. The molecule has 2 saturated heterocycles. The highest BCUT2D eigenvalue weighted by Gasteiger charge is 2.33. The number of carbonyl (C=O) groups excluding carboxylic acids is 2. The fraction of sp³-hybridized carbons (Fsp3) is 0.462. The van der Waals surface area contributed by atoms with Crippen LogP contribution in [0.3, 0.4) is 0 Å². The third-order valence-electron chi connectivity index (χ3n) is 6.82. The first-order valence-corrected chi connectivity index (χ1v) is 13.4. The highest BCUT2D eigenvalue weighted by atomic mass is 32.2. The molecule has 0 aliphatic carbocycles. The van der Waals surface area contributed by atoms with Crippen LogP contribution in [-0.4, -0.2) is 55.6 Å². The van der Waals surface area contributed by atoms with Crippen molar-refractivity contribution in [1.82, 2.24) is 9.21 Å². The summed E-state index contributed by atoms with van der Waals surface area (Å²) in [5.41, 5.74) is 3.26. The number of hydrogen-bond donors (Lipinski definition) is 1. The number of rotatable bonds is 6. The molecule has 182 valence electrons. The van der Waals surface area contributed by atoms with E-state index in [1.165, 1.54) is 4.31 Å². The number of hydrogen-bond acceptors (Lipinski definition) is 4. The minimum absolute atomic E-state index is 0.0929. The van der Waals surface area contributed by atoms with Gasteiger partial charge in [-0.15, -0.1) is 0 Å². The van der Waals surface area contributed by atoms with Crippen molar-refractivity contribution < 1.29 is 18.0 Å². The molecule has 34 heavy (non-hydrogen) atoms. The number of benzene rings is 2. The maximum absolute atomic E-state index is 13.1. The normalized spacial score (nSPS) is 17.6. The lowest BCUT2D eigenvalue weighted by molar-refractivity contribution is -0.129. The number of sulfonamides is 1. The highest BCUT2D eigenvalue weighted by molar-refractivity contribution is 7.89. The number of carbonyl (C=O) groups is 2. The second-order valence-corrected chi connectivity index (χ2v) is 11.3. The average Bonchev–Trinajstić information content (AvgIpc) is 3.37. The smallest absolute Gasteiger partial charge is 0.243 e. The molecule has 2 heterocycles. The summed E-state index contributed by atoms with van der Waals surface area (Å²) in [4.78, 5) is 27.4. The van der Waals surface area contributed by atoms with Crippen molar-refractivity contribution in [3.8, 4) is 0 Å². The van der Waals surface area contributed by atoms with Gasteiger partial charge in [0.15, 0.2) is 0 Å². The second-order valence-electron chi connectivity index (χ2n) is 9.40. The summed E-state index contributed by atoms with van der Waals surface area (Å²) in [6.07, 6.45) is 3.50. The molecule has 2 fully saturated rings. The van der Waals surface area contributed by atoms with Gasteiger partial charge in [-0.05, 0) is 74.4 Å². The van der Waals surface area contributed by atoms with Gasteiger partial charge in [-0.2, -0.15) is 4.31 Å². The number of nitrogens with zero attached hydrogens (tertiary/aromatic N) is 2. The zero-order chi connectivity index (χ0) is 24.3. The topological polar surface area (TPSA) is 86.8 Å². The Balaban J connectivity index is 1.30. The van der Waals surface area contributed by atoms with Crippen LogP contribution >= 0.6 is 0 Å². The Hall–Kier alpha value is -2.71. The van der Waals surface area contributed by atoms with Gasteiger partial charge in [-0.1, -0.05) is 24.3 Å². The fourth-order valence-electron chi connectivity index (χ4n) is 4.69. The molecule has 0 bridgehead atoms. The van der Waals surface area contributed by atoms with Crippen molar-refractivity contribution in [2.45, 2.75) is 50.8 Å². The quantitative estimate of drug-likeness (QED) is 0.681. The standard InChI is InChI=1S/C26H33N3O4S/c1-19-5-6-20(2)24(17-19)34(32,33)29-15-11-22(12-16-29)26(31)27-23-9-7-21(8-10-23)18-25(30)28-13-3-4-14-28/h5-10,17,22H,3-4,11-16,18H2,1-2H3,(H,27,31). The third-order valence-corrected chi connectivity index (χ3v) is 8.86. The minimum Gasteiger partial charge on any atom is -0.342 e. The molecule has 0 atom stereocenters. The van der Waals surface area contributed by atoms with E-state index < -0.39 is 10.0 Å². The van der Waals surface area contributed by atoms with Gasteiger partial charge in [0.1, 0.15) is 0 Å². The Bertz CT molecular complexity index is 1150. The molecule has 2 aliphatic rings. The van der Waals surface area contributed by atoms with Crippen LogP contribution in [0.5, 0.6) is 0 Å². The number of nitrogens with one attached hydrogen (secondary N) is 1. The minimum atomic E-state index is -3.57. The van der Waals surface area contributed by atoms with Crippen LogP contribution in [0.2, 0.25) is 0 Å². The molecule has 7 nitrogen and oxygen atoms in total. The fourth-order valence-corrected chi connectivity index (χ4v) is 6.47. The zero-order valence-corrected chi connectivity index (χ0v) is 20.7. The van der Waals surface area contributed by atoms with Crippen LogP contribution in [0.15, 0.2) is 47.4 Å². The molecule has 4 rings (SSSR count). The van der Waals surface area contributed by atoms with Crippen molar-refractivity contribution in [2.24, 2.45) is 5.92 Å². The van der Waals surface area contributed by atoms with Gasteiger partial charge in [0.05, 0.1) is 11.3 Å². The maximum Gasteiger partial charge on any atom is 0.243 e. The molecule has 8 heteroatoms. The number of likely N-dealkylation sites (tertiary alicyclic amines) is 1. The van der Waals surface area contributed by atoms with E-state index in [4.69, 9.17) is 0 Å². The van der Waals surface area contributed by atoms with Crippen LogP contribution < -0.4 is 5.32 Å². The number of amides is 2. The van der Waals surface area contributed by atoms with E-state index in [-0.39, 0.29) is 17.7 Å². The van der Waals surface area contributed by atoms with E-state index in [1.54, 1.807) is 13.0 Å². The maximum atomic E-state index is 13.1. The lowest BCUT2D eigenvalue weighted by Crippen LogP contribution is -2.41. The lowest BCUT2D eigenvalue weighted by atomic mass is 9.97. The van der Waals surface area contributed by atoms with E-state index in [0.29, 0.717) is 42.9 Å². The van der Waals surface area contributed by atoms with Gasteiger partial charge >= 0.3 is 0 Å². The predicted molar refractivity (Wildman–Crippen MR) is 132 cm³/mol. The van der Waals surface area contributed by atoms with Crippen molar-refractivity contribution in [3.05, 3.63) is 59.2 Å². The van der Waals surface area contributed by atoms with Crippen molar-refractivity contribution in [1.29, 1.82) is 0 Å². The van der Waals surface area contributed by atoms with Crippen molar-refractivity contribution >= 4 is 27.5 Å². The monoisotopic (exact) mass is 483 g/mol. The number of piperidine rings is 1. The average molecular weight is 484 g/mol. The van der Waals surface area contributed by atoms with E-state index in [9.17, 15) is 18.0 Å². The second kappa shape index (κ2) is 10.3. The zero-order valence-electron chi connectivity index (χ0n) is 19.9. The van der Waals surface area contributed by atoms with Gasteiger partial charge in [0.25, 0.3) is 0 Å². The predicted octanol–water partition coefficient (Wildman–Crippen LogP) is 3.51. The van der Waals surface area contributed by atoms with Gasteiger partial charge in [0.2, 0.25) is 21.8 Å². The molecule has 2 aliphatic heterocycles. The summed E-state index contributed by atoms with van der Waals surface area (Å²) in [5, 5.41) is 2.95. The van der Waals surface area contributed by atoms with E-state index >= 15 is 0 Å². The molecule has 2 amide bonds. The molecular formula is C26H33N3O4S. The molecule has 0 aromatic heterocycles. The molecule has 0 unspecified atom stereocenters. The summed E-state index contributed by atoms with van der Waals surface area (Å²) in [7, 11) is -3.57. The summed E-state index contributed by atoms with van der Waals surface area (Å²) < 4.78 is 27.7. The van der Waals surface area contributed by atoms with Crippen LogP contribution in [-0.2, 0) is 26.0 Å². The van der Waals surface area contributed by atoms with Crippen LogP contribution in [0, 0.1) is 19.8 Å². The summed E-state index contributed by atoms with van der Waals surface area (Å²) in [6.45, 7) is 6.03. The summed E-state index contributed by atoms with van der Waals surface area (Å²) in [5.74, 6) is -0.178. The van der Waals surface area contributed by atoms with E-state index in [0.717, 1.165) is 42.6 Å². The van der Waals surface area contributed by atoms with Crippen molar-refractivity contribution in [3.63, 3.8) is 0 Å². The first kappa shape index (κ1) is 24.4. The Morgan fingerprint density at radius 1 is 0.941 bits per heavy atom. The number of aryl methyl sites for hydroxylation is 2. The van der Waals surface area contributed by atoms with Gasteiger partial charge in [-0.3, -0.25) is 9.59 Å². The molecule has 1 N–H and O–H groups in total. The Morgan fingerprint density at radius 2 is 1.59 bits per heavy atom. The Kier molecular flexibility index (Phi) is 7.38. The van der Waals surface area contributed by atoms with Crippen LogP contribution in [0.1, 0.15) is 42.4 Å². The van der Waals surface area contributed by atoms with Gasteiger partial charge < -0.3 is 10.2 Å². The molecule has 0 spiro atoms. The number of anilines is 1. The van der Waals surface area contributed by atoms with Crippen molar-refractivity contribution in [2.75, 3.05) is 31.5 Å². The SMILES string of the molecule is Cc1ccc(C)c(S(=O)(=O)N2CCC(C(=O)Nc3ccc(CC(=O)N4CCCC4)cc3)CC2)c1. The first-order chi connectivity index (χ1) is 16.2. The van der Waals surface area contributed by atoms with E-state index in [1.807, 2.05) is 48.2 Å². The van der Waals surface area contributed by atoms with Crippen LogP contribution in [0.25, 0.3) is 0 Å². The summed E-state index contributed by atoms with van der Waals surface area (Å²) >= 11 is 0. The highest BCUT2D eigenvalue weighted by Crippen LogP contribution is 2.27. The largest absolute Gasteiger partial charge is 0.342 e. The summed E-state index contributed by atoms with van der Waals surface area (Å²) in [6, 6.07) is 12.9.